The number of amides is 1. The number of nitrogens with zero attached hydrogens (tertiary/aromatic N) is 1. The molecule has 0 saturated carbocycles. The maximum absolute atomic E-state index is 11.7. The van der Waals surface area contributed by atoms with E-state index >= 15 is 0 Å². The Kier molecular flexibility index (Phi) is 2.99. The fourth-order valence-electron chi connectivity index (χ4n) is 1.79. The lowest BCUT2D eigenvalue weighted by atomic mass is 10.1. The highest BCUT2D eigenvalue weighted by Gasteiger charge is 2.31. The summed E-state index contributed by atoms with van der Waals surface area (Å²) in [5, 5.41) is 0. The quantitative estimate of drug-likeness (QED) is 0.589. The van der Waals surface area contributed by atoms with Gasteiger partial charge in [-0.3, -0.25) is 9.69 Å². The van der Waals surface area contributed by atoms with E-state index in [2.05, 4.69) is 11.3 Å². The van der Waals surface area contributed by atoms with Gasteiger partial charge in [-0.05, 0) is 6.07 Å². The molecule has 1 amide bonds. The highest BCUT2D eigenvalue weighted by Crippen LogP contribution is 2.27. The van der Waals surface area contributed by atoms with Gasteiger partial charge in [0.05, 0.1) is 7.11 Å². The third-order valence-electron chi connectivity index (χ3n) is 2.73. The van der Waals surface area contributed by atoms with Gasteiger partial charge in [0.25, 0.3) is 0 Å². The van der Waals surface area contributed by atoms with Crippen LogP contribution in [0.25, 0.3) is 0 Å². The van der Waals surface area contributed by atoms with Crippen LogP contribution in [-0.4, -0.2) is 25.5 Å². The minimum absolute atomic E-state index is 0.0272. The predicted octanol–water partition coefficient (Wildman–Crippen LogP) is 1.61. The first-order valence-corrected chi connectivity index (χ1v) is 5.26. The monoisotopic (exact) mass is 235 g/mol. The third kappa shape index (κ3) is 2.08. The number of hydrogen-bond donors (Lipinski definition) is 0. The van der Waals surface area contributed by atoms with Crippen molar-refractivity contribution in [2.45, 2.75) is 6.42 Å². The minimum atomic E-state index is -0.553. The number of furan rings is 1. The Morgan fingerprint density at radius 2 is 2.41 bits per heavy atom. The lowest BCUT2D eigenvalue weighted by Gasteiger charge is -2.11. The first-order valence-electron chi connectivity index (χ1n) is 5.26. The highest BCUT2D eigenvalue weighted by atomic mass is 16.5. The largest absolute Gasteiger partial charge is 0.463 e. The maximum atomic E-state index is 11.7. The molecule has 0 aliphatic carbocycles. The molecule has 1 fully saturated rings. The Morgan fingerprint density at radius 1 is 1.65 bits per heavy atom. The predicted molar refractivity (Wildman–Crippen MR) is 60.7 cm³/mol. The summed E-state index contributed by atoms with van der Waals surface area (Å²) in [6.45, 7) is 4.21. The summed E-state index contributed by atoms with van der Waals surface area (Å²) in [6.07, 6.45) is 2.18. The van der Waals surface area contributed by atoms with Crippen molar-refractivity contribution in [2.24, 2.45) is 5.92 Å². The van der Waals surface area contributed by atoms with E-state index in [1.807, 2.05) is 0 Å². The molecule has 1 aliphatic rings. The number of rotatable bonds is 3. The van der Waals surface area contributed by atoms with Crippen molar-refractivity contribution in [3.63, 3.8) is 0 Å². The summed E-state index contributed by atoms with van der Waals surface area (Å²) in [7, 11) is 1.28. The van der Waals surface area contributed by atoms with E-state index in [0.29, 0.717) is 18.8 Å². The van der Waals surface area contributed by atoms with Gasteiger partial charge in [0, 0.05) is 24.9 Å². The van der Waals surface area contributed by atoms with Gasteiger partial charge in [-0.15, -0.1) is 6.58 Å². The molecule has 90 valence electrons. The molecule has 1 saturated heterocycles. The lowest BCUT2D eigenvalue weighted by Crippen LogP contribution is -2.23. The van der Waals surface area contributed by atoms with E-state index < -0.39 is 5.97 Å². The van der Waals surface area contributed by atoms with Crippen molar-refractivity contribution >= 4 is 17.8 Å². The smallest absolute Gasteiger partial charge is 0.374 e. The summed E-state index contributed by atoms with van der Waals surface area (Å²) in [4.78, 5) is 24.4. The number of ether oxygens (including phenoxy) is 1. The zero-order valence-electron chi connectivity index (χ0n) is 9.51. The molecule has 0 bridgehead atoms. The standard InChI is InChI=1S/C12H13NO4/c1-3-8-6-10(14)13(7-8)11-5-4-9(17-11)12(15)16-2/h3-5,8H,1,6-7H2,2H3. The SMILES string of the molecule is C=CC1CC(=O)N(c2ccc(C(=O)OC)o2)C1. The first kappa shape index (κ1) is 11.4. The van der Waals surface area contributed by atoms with Crippen LogP contribution in [-0.2, 0) is 9.53 Å². The maximum Gasteiger partial charge on any atom is 0.374 e. The summed E-state index contributed by atoms with van der Waals surface area (Å²) in [5.74, 6) is 0.0233. The molecule has 0 aromatic carbocycles. The van der Waals surface area contributed by atoms with Gasteiger partial charge in [0.1, 0.15) is 0 Å². The van der Waals surface area contributed by atoms with Gasteiger partial charge in [0.15, 0.2) is 0 Å². The Labute approximate surface area is 98.6 Å². The molecular formula is C12H13NO4. The van der Waals surface area contributed by atoms with Crippen LogP contribution in [0.2, 0.25) is 0 Å². The molecule has 0 radical (unpaired) electrons. The van der Waals surface area contributed by atoms with E-state index in [1.54, 1.807) is 12.1 Å². The van der Waals surface area contributed by atoms with Gasteiger partial charge >= 0.3 is 5.97 Å². The van der Waals surface area contributed by atoms with E-state index in [-0.39, 0.29) is 17.6 Å². The molecule has 1 aliphatic heterocycles. The van der Waals surface area contributed by atoms with E-state index in [9.17, 15) is 9.59 Å². The van der Waals surface area contributed by atoms with Gasteiger partial charge in [-0.25, -0.2) is 4.79 Å². The average molecular weight is 235 g/mol. The fourth-order valence-corrected chi connectivity index (χ4v) is 1.79. The second-order valence-electron chi connectivity index (χ2n) is 3.83. The zero-order valence-corrected chi connectivity index (χ0v) is 9.51. The van der Waals surface area contributed by atoms with Gasteiger partial charge in [0.2, 0.25) is 17.6 Å². The first-order chi connectivity index (χ1) is 8.15. The molecule has 2 rings (SSSR count). The van der Waals surface area contributed by atoms with Crippen molar-refractivity contribution in [1.29, 1.82) is 0 Å². The molecular weight excluding hydrogens is 222 g/mol. The fraction of sp³-hybridized carbons (Fsp3) is 0.333. The Hall–Kier alpha value is -2.04. The normalized spacial score (nSPS) is 19.5. The average Bonchev–Trinajstić information content (AvgIpc) is 2.94. The second-order valence-corrected chi connectivity index (χ2v) is 3.83. The van der Waals surface area contributed by atoms with Crippen LogP contribution in [0, 0.1) is 5.92 Å². The summed E-state index contributed by atoms with van der Waals surface area (Å²) < 4.78 is 9.81. The van der Waals surface area contributed by atoms with Crippen LogP contribution in [0.1, 0.15) is 17.0 Å². The van der Waals surface area contributed by atoms with Crippen LogP contribution in [0.5, 0.6) is 0 Å². The summed E-state index contributed by atoms with van der Waals surface area (Å²) in [6, 6.07) is 3.09. The van der Waals surface area contributed by atoms with Gasteiger partial charge < -0.3 is 9.15 Å². The zero-order chi connectivity index (χ0) is 12.4. The van der Waals surface area contributed by atoms with Crippen molar-refractivity contribution in [1.82, 2.24) is 0 Å². The number of esters is 1. The number of carbonyl (C=O) groups is 2. The second kappa shape index (κ2) is 4.45. The Morgan fingerprint density at radius 3 is 3.00 bits per heavy atom. The van der Waals surface area contributed by atoms with Crippen molar-refractivity contribution in [2.75, 3.05) is 18.6 Å². The Balaban J connectivity index is 2.18. The number of anilines is 1. The summed E-state index contributed by atoms with van der Waals surface area (Å²) >= 11 is 0. The van der Waals surface area contributed by atoms with E-state index in [1.165, 1.54) is 18.1 Å². The minimum Gasteiger partial charge on any atom is -0.463 e. The van der Waals surface area contributed by atoms with Crippen LogP contribution in [0.15, 0.2) is 29.2 Å². The molecule has 1 atom stereocenters. The number of hydrogen-bond acceptors (Lipinski definition) is 4. The van der Waals surface area contributed by atoms with Gasteiger partial charge in [-0.1, -0.05) is 6.08 Å². The number of carbonyl (C=O) groups excluding carboxylic acids is 2. The topological polar surface area (TPSA) is 59.8 Å². The number of methoxy groups -OCH3 is 1. The van der Waals surface area contributed by atoms with Crippen LogP contribution < -0.4 is 4.90 Å². The van der Waals surface area contributed by atoms with Crippen molar-refractivity contribution in [3.05, 3.63) is 30.5 Å². The van der Waals surface area contributed by atoms with Crippen molar-refractivity contribution < 1.29 is 18.7 Å². The molecule has 0 N–H and O–H groups in total. The lowest BCUT2D eigenvalue weighted by molar-refractivity contribution is -0.117. The molecule has 2 heterocycles. The van der Waals surface area contributed by atoms with Crippen LogP contribution >= 0.6 is 0 Å². The Bertz CT molecular complexity index is 463. The third-order valence-corrected chi connectivity index (χ3v) is 2.73. The molecule has 0 spiro atoms. The summed E-state index contributed by atoms with van der Waals surface area (Å²) in [5.41, 5.74) is 0. The van der Waals surface area contributed by atoms with Crippen LogP contribution in [0.3, 0.4) is 0 Å². The molecule has 17 heavy (non-hydrogen) atoms. The molecule has 1 aromatic rings. The highest BCUT2D eigenvalue weighted by molar-refractivity contribution is 5.95. The van der Waals surface area contributed by atoms with E-state index in [0.717, 1.165) is 0 Å². The molecule has 5 heteroatoms. The van der Waals surface area contributed by atoms with E-state index in [4.69, 9.17) is 4.42 Å². The molecule has 5 nitrogen and oxygen atoms in total. The molecule has 1 aromatic heterocycles. The molecule has 1 unspecified atom stereocenters. The van der Waals surface area contributed by atoms with Crippen molar-refractivity contribution in [3.8, 4) is 0 Å². The van der Waals surface area contributed by atoms with Gasteiger partial charge in [-0.2, -0.15) is 0 Å². The van der Waals surface area contributed by atoms with Crippen LogP contribution in [0.4, 0.5) is 5.88 Å².